The maximum absolute atomic E-state index is 9.55. The third-order valence-corrected chi connectivity index (χ3v) is 37.2. The molecule has 3 aliphatic rings. The fraction of sp³-hybridized carbons (Fsp3) is 0.310. The van der Waals surface area contributed by atoms with Crippen molar-refractivity contribution in [2.45, 2.75) is 101 Å². The van der Waals surface area contributed by atoms with Crippen LogP contribution in [0.25, 0.3) is 45.5 Å². The van der Waals surface area contributed by atoms with Crippen LogP contribution in [0.3, 0.4) is 0 Å². The zero-order valence-corrected chi connectivity index (χ0v) is 43.8. The predicted molar refractivity (Wildman–Crippen MR) is 273 cm³/mol. The second kappa shape index (κ2) is 16.5. The van der Waals surface area contributed by atoms with Crippen LogP contribution in [0.15, 0.2) is 126 Å². The van der Waals surface area contributed by atoms with Crippen molar-refractivity contribution in [3.63, 3.8) is 0 Å². The molecule has 62 heavy (non-hydrogen) atoms. The summed E-state index contributed by atoms with van der Waals surface area (Å²) in [5, 5.41) is 2.98. The number of hydrogen-bond donors (Lipinski definition) is 0. The van der Waals surface area contributed by atoms with Crippen LogP contribution in [0.2, 0.25) is 0 Å². The summed E-state index contributed by atoms with van der Waals surface area (Å²) < 4.78 is 1.10. The van der Waals surface area contributed by atoms with E-state index in [0.717, 1.165) is 12.8 Å². The van der Waals surface area contributed by atoms with Gasteiger partial charge in [0, 0.05) is 0 Å². The van der Waals surface area contributed by atoms with Crippen LogP contribution in [0.1, 0.15) is 132 Å². The van der Waals surface area contributed by atoms with Crippen molar-refractivity contribution >= 4 is 52.3 Å². The summed E-state index contributed by atoms with van der Waals surface area (Å²) >= 11 is -5.75. The number of aryl methyl sites for hydroxylation is 2. The van der Waals surface area contributed by atoms with Gasteiger partial charge in [-0.25, -0.2) is 0 Å². The van der Waals surface area contributed by atoms with Gasteiger partial charge >= 0.3 is 386 Å². The fourth-order valence-electron chi connectivity index (χ4n) is 12.0. The first-order valence-corrected chi connectivity index (χ1v) is 35.1. The van der Waals surface area contributed by atoms with Crippen molar-refractivity contribution in [3.8, 4) is 33.4 Å². The molecule has 0 saturated heterocycles. The number of allylic oxidation sites excluding steroid dienone is 2. The third kappa shape index (κ3) is 7.01. The number of rotatable bonds is 11. The summed E-state index contributed by atoms with van der Waals surface area (Å²) in [6.07, 6.45) is 7.07. The van der Waals surface area contributed by atoms with Gasteiger partial charge in [0.2, 0.25) is 0 Å². The first kappa shape index (κ1) is 43.7. The standard InChI is InChI=1S/2C23H27.C12H9Si.2ClH.Zr/c2*1-15(2)12-18-13-19-10-11-20(16(3)4)23(22(19)14-18)21-9-7-6-8-17(21)5;1-3-7-11-9(5-1)10-6-2-4-8-12(10)13-11;;;/h2*6-11,13-16H,12H2,1-5H3;1-7H,13H2;2*1H;/q;;;;;+2/p-2. The number of hydrogen-bond acceptors (Lipinski definition) is 0. The van der Waals surface area contributed by atoms with E-state index in [1.807, 2.05) is 0 Å². The molecule has 2 unspecified atom stereocenters. The van der Waals surface area contributed by atoms with Gasteiger partial charge < -0.3 is 0 Å². The van der Waals surface area contributed by atoms with Gasteiger partial charge in [0.05, 0.1) is 0 Å². The fourth-order valence-corrected chi connectivity index (χ4v) is 39.8. The molecule has 0 saturated carbocycles. The first-order chi connectivity index (χ1) is 29.6. The zero-order valence-electron chi connectivity index (χ0n) is 38.5. The van der Waals surface area contributed by atoms with E-state index in [4.69, 9.17) is 0 Å². The van der Waals surface area contributed by atoms with Gasteiger partial charge in [0.15, 0.2) is 0 Å². The Bertz CT molecular complexity index is 2680. The molecule has 317 valence electrons. The molecule has 2 aliphatic carbocycles. The molecule has 6 aromatic rings. The molecule has 0 radical (unpaired) electrons. The van der Waals surface area contributed by atoms with Crippen molar-refractivity contribution in [1.29, 1.82) is 0 Å². The molecule has 9 rings (SSSR count). The van der Waals surface area contributed by atoms with Gasteiger partial charge in [-0.05, 0) is 0 Å². The molecular formula is C58H63Cl2SiZr. The average molecular weight is 950 g/mol. The molecule has 4 heteroatoms. The van der Waals surface area contributed by atoms with Gasteiger partial charge in [0.25, 0.3) is 0 Å². The predicted octanol–water partition coefficient (Wildman–Crippen LogP) is 15.0. The van der Waals surface area contributed by atoms with Gasteiger partial charge in [-0.3, -0.25) is 0 Å². The average Bonchev–Trinajstić information content (AvgIpc) is 3.91. The van der Waals surface area contributed by atoms with Crippen LogP contribution < -0.4 is 13.6 Å². The molecule has 0 amide bonds. The summed E-state index contributed by atoms with van der Waals surface area (Å²) in [4.78, 5) is 0. The van der Waals surface area contributed by atoms with Crippen LogP contribution >= 0.6 is 17.0 Å². The Morgan fingerprint density at radius 3 is 1.39 bits per heavy atom. The van der Waals surface area contributed by atoms with E-state index in [-0.39, 0.29) is 7.25 Å². The topological polar surface area (TPSA) is 0 Å². The van der Waals surface area contributed by atoms with Crippen LogP contribution in [-0.2, 0) is 16.4 Å². The van der Waals surface area contributed by atoms with Gasteiger partial charge in [-0.2, -0.15) is 0 Å². The molecule has 0 N–H and O–H groups in total. The van der Waals surface area contributed by atoms with E-state index in [2.05, 4.69) is 197 Å². The van der Waals surface area contributed by atoms with E-state index in [1.54, 1.807) is 0 Å². The Labute approximate surface area is 383 Å². The van der Waals surface area contributed by atoms with Crippen LogP contribution in [0.5, 0.6) is 0 Å². The van der Waals surface area contributed by atoms with E-state index in [9.17, 15) is 17.0 Å². The summed E-state index contributed by atoms with van der Waals surface area (Å²) in [7, 11) is 18.2. The molecule has 0 nitrogen and oxygen atoms in total. The number of benzene rings is 6. The summed E-state index contributed by atoms with van der Waals surface area (Å²) in [6, 6.07) is 44.0. The van der Waals surface area contributed by atoms with Crippen LogP contribution in [-0.4, -0.2) is 9.52 Å². The molecule has 1 heterocycles. The number of fused-ring (bicyclic) bond motifs is 5. The van der Waals surface area contributed by atoms with Crippen molar-refractivity contribution in [2.24, 2.45) is 11.8 Å². The second-order valence-corrected chi connectivity index (χ2v) is 42.8. The van der Waals surface area contributed by atoms with Gasteiger partial charge in [-0.1, -0.05) is 0 Å². The molecular weight excluding hydrogens is 887 g/mol. The normalized spacial score (nSPS) is 17.6. The van der Waals surface area contributed by atoms with Crippen molar-refractivity contribution in [2.75, 3.05) is 0 Å². The Balaban J connectivity index is 1.43. The molecule has 2 atom stereocenters. The molecule has 1 aliphatic heterocycles. The zero-order chi connectivity index (χ0) is 43.9. The maximum atomic E-state index is 9.55. The van der Waals surface area contributed by atoms with Crippen LogP contribution in [0.4, 0.5) is 0 Å². The SMILES string of the molecule is Cc1ccccc1-c1c(C(C)C)ccc2c1C=C(CC(C)C)[CH]2[Zr]([Cl])([Cl])([c]1cccc2c1[SiH2]c1ccccc1-2)[CH]1C(CC(C)C)=Cc2c1ccc(C(C)C)c2-c1ccccc1C. The summed E-state index contributed by atoms with van der Waals surface area (Å²) in [5.74, 6) is 1.56. The minimum absolute atomic E-state index is 0.108. The Hall–Kier alpha value is -3.52. The van der Waals surface area contributed by atoms with E-state index in [1.165, 1.54) is 103 Å². The van der Waals surface area contributed by atoms with Crippen molar-refractivity contribution in [1.82, 2.24) is 0 Å². The second-order valence-electron chi connectivity index (χ2n) is 20.3. The summed E-state index contributed by atoms with van der Waals surface area (Å²) in [6.45, 7) is 23.4. The minimum atomic E-state index is -5.75. The van der Waals surface area contributed by atoms with Crippen LogP contribution in [0, 0.1) is 25.7 Å². The Morgan fingerprint density at radius 2 is 0.935 bits per heavy atom. The third-order valence-electron chi connectivity index (χ3n) is 14.4. The van der Waals surface area contributed by atoms with Gasteiger partial charge in [-0.15, -0.1) is 0 Å². The Morgan fingerprint density at radius 1 is 0.500 bits per heavy atom. The van der Waals surface area contributed by atoms with E-state index >= 15 is 0 Å². The monoisotopic (exact) mass is 947 g/mol. The molecule has 6 aromatic carbocycles. The quantitative estimate of drug-likeness (QED) is 0.113. The molecule has 0 spiro atoms. The van der Waals surface area contributed by atoms with Gasteiger partial charge in [0.1, 0.15) is 0 Å². The summed E-state index contributed by atoms with van der Waals surface area (Å²) in [5.41, 5.74) is 21.6. The molecule has 0 bridgehead atoms. The molecule has 0 fully saturated rings. The van der Waals surface area contributed by atoms with Crippen molar-refractivity contribution < 1.29 is 16.4 Å². The molecule has 0 aromatic heterocycles. The number of halogens is 2. The first-order valence-electron chi connectivity index (χ1n) is 23.2. The van der Waals surface area contributed by atoms with E-state index < -0.39 is 25.9 Å². The van der Waals surface area contributed by atoms with Crippen molar-refractivity contribution in [3.05, 3.63) is 171 Å². The Kier molecular flexibility index (Phi) is 11.6. The van der Waals surface area contributed by atoms with E-state index in [0.29, 0.717) is 23.7 Å².